The SMILES string of the molecule is COc1cc(-c2ccc(C)c(C)c2)c2c(c1)[C@]1(C)CCCC[C@@H]1N2C(C)=O. The molecule has 142 valence electrons. The van der Waals surface area contributed by atoms with Crippen LogP contribution in [0.15, 0.2) is 30.3 Å². The summed E-state index contributed by atoms with van der Waals surface area (Å²) in [5.74, 6) is 1.01. The van der Waals surface area contributed by atoms with Crippen LogP contribution in [-0.2, 0) is 10.2 Å². The fourth-order valence-corrected chi connectivity index (χ4v) is 5.13. The average molecular weight is 364 g/mol. The molecule has 0 N–H and O–H groups in total. The van der Waals surface area contributed by atoms with Crippen molar-refractivity contribution in [2.45, 2.75) is 64.8 Å². The van der Waals surface area contributed by atoms with Gasteiger partial charge in [-0.15, -0.1) is 0 Å². The lowest BCUT2D eigenvalue weighted by Gasteiger charge is -2.39. The van der Waals surface area contributed by atoms with Crippen molar-refractivity contribution in [2.24, 2.45) is 0 Å². The first-order valence-corrected chi connectivity index (χ1v) is 9.97. The fourth-order valence-electron chi connectivity index (χ4n) is 5.13. The number of rotatable bonds is 2. The highest BCUT2D eigenvalue weighted by molar-refractivity contribution is 6.01. The maximum atomic E-state index is 12.8. The van der Waals surface area contributed by atoms with Crippen LogP contribution >= 0.6 is 0 Å². The molecule has 0 bridgehead atoms. The lowest BCUT2D eigenvalue weighted by atomic mass is 9.69. The van der Waals surface area contributed by atoms with Crippen LogP contribution in [0.1, 0.15) is 56.2 Å². The minimum absolute atomic E-state index is 0.00227. The Balaban J connectivity index is 2.02. The Kier molecular flexibility index (Phi) is 4.29. The standard InChI is InChI=1S/C24H29NO2/c1-15-9-10-18(12-16(15)2)20-13-19(27-5)14-21-23(20)25(17(3)26)22-8-6-7-11-24(21,22)4/h9-10,12-14,22H,6-8,11H2,1-5H3/t22-,24-/m0/s1. The first-order valence-electron chi connectivity index (χ1n) is 9.97. The monoisotopic (exact) mass is 363 g/mol. The first kappa shape index (κ1) is 18.1. The number of ether oxygens (including phenoxy) is 1. The molecule has 0 aromatic heterocycles. The number of anilines is 1. The van der Waals surface area contributed by atoms with E-state index in [0.717, 1.165) is 35.4 Å². The number of carbonyl (C=O) groups excluding carboxylic acids is 1. The zero-order valence-corrected chi connectivity index (χ0v) is 17.1. The third-order valence-electron chi connectivity index (χ3n) is 6.80. The minimum Gasteiger partial charge on any atom is -0.497 e. The maximum absolute atomic E-state index is 12.8. The molecular formula is C24H29NO2. The maximum Gasteiger partial charge on any atom is 0.224 e. The summed E-state index contributed by atoms with van der Waals surface area (Å²) < 4.78 is 5.67. The van der Waals surface area contributed by atoms with E-state index >= 15 is 0 Å². The molecule has 1 amide bonds. The van der Waals surface area contributed by atoms with Crippen LogP contribution in [-0.4, -0.2) is 19.1 Å². The molecule has 2 aromatic carbocycles. The van der Waals surface area contributed by atoms with E-state index < -0.39 is 0 Å². The second-order valence-electron chi connectivity index (χ2n) is 8.44. The van der Waals surface area contributed by atoms with Gasteiger partial charge in [0.05, 0.1) is 12.8 Å². The number of amides is 1. The van der Waals surface area contributed by atoms with Crippen molar-refractivity contribution in [1.29, 1.82) is 0 Å². The number of nitrogens with zero attached hydrogens (tertiary/aromatic N) is 1. The minimum atomic E-state index is 0.00227. The normalized spacial score (nSPS) is 23.7. The van der Waals surface area contributed by atoms with Crippen LogP contribution in [0.3, 0.4) is 0 Å². The van der Waals surface area contributed by atoms with Crippen LogP contribution in [0.25, 0.3) is 11.1 Å². The van der Waals surface area contributed by atoms with Gasteiger partial charge in [-0.1, -0.05) is 38.0 Å². The Morgan fingerprint density at radius 1 is 1.15 bits per heavy atom. The summed E-state index contributed by atoms with van der Waals surface area (Å²) in [4.78, 5) is 14.8. The van der Waals surface area contributed by atoms with E-state index in [1.807, 2.05) is 0 Å². The molecule has 2 atom stereocenters. The molecule has 3 heteroatoms. The molecule has 1 aliphatic heterocycles. The van der Waals surface area contributed by atoms with Crippen molar-refractivity contribution in [3.05, 3.63) is 47.0 Å². The smallest absolute Gasteiger partial charge is 0.224 e. The lowest BCUT2D eigenvalue weighted by molar-refractivity contribution is -0.117. The number of hydrogen-bond donors (Lipinski definition) is 0. The molecule has 3 nitrogen and oxygen atoms in total. The summed E-state index contributed by atoms with van der Waals surface area (Å²) in [6.07, 6.45) is 4.59. The van der Waals surface area contributed by atoms with Gasteiger partial charge in [0.1, 0.15) is 5.75 Å². The second kappa shape index (κ2) is 6.40. The van der Waals surface area contributed by atoms with Crippen LogP contribution in [0.4, 0.5) is 5.69 Å². The summed E-state index contributed by atoms with van der Waals surface area (Å²) in [7, 11) is 1.73. The molecule has 2 aliphatic rings. The van der Waals surface area contributed by atoms with Crippen LogP contribution in [0.2, 0.25) is 0 Å². The second-order valence-corrected chi connectivity index (χ2v) is 8.44. The quantitative estimate of drug-likeness (QED) is 0.700. The van der Waals surface area contributed by atoms with Crippen molar-refractivity contribution in [3.63, 3.8) is 0 Å². The topological polar surface area (TPSA) is 29.5 Å². The number of methoxy groups -OCH3 is 1. The van der Waals surface area contributed by atoms with Gasteiger partial charge in [0, 0.05) is 23.9 Å². The molecule has 0 unspecified atom stereocenters. The van der Waals surface area contributed by atoms with Crippen LogP contribution in [0.5, 0.6) is 5.75 Å². The Labute approximate surface area is 162 Å². The summed E-state index contributed by atoms with van der Waals surface area (Å²) in [6, 6.07) is 11.1. The van der Waals surface area contributed by atoms with Crippen molar-refractivity contribution in [1.82, 2.24) is 0 Å². The highest BCUT2D eigenvalue weighted by Crippen LogP contribution is 2.56. The largest absolute Gasteiger partial charge is 0.497 e. The van der Waals surface area contributed by atoms with Gasteiger partial charge in [0.15, 0.2) is 0 Å². The molecule has 0 saturated heterocycles. The highest BCUT2D eigenvalue weighted by atomic mass is 16.5. The van der Waals surface area contributed by atoms with Crippen LogP contribution < -0.4 is 9.64 Å². The summed E-state index contributed by atoms with van der Waals surface area (Å²) in [5.41, 5.74) is 7.18. The summed E-state index contributed by atoms with van der Waals surface area (Å²) >= 11 is 0. The highest BCUT2D eigenvalue weighted by Gasteiger charge is 2.51. The van der Waals surface area contributed by atoms with Crippen molar-refractivity contribution in [2.75, 3.05) is 12.0 Å². The number of benzene rings is 2. The average Bonchev–Trinajstić information content (AvgIpc) is 2.92. The van der Waals surface area contributed by atoms with E-state index in [9.17, 15) is 4.79 Å². The predicted octanol–water partition coefficient (Wildman–Crippen LogP) is 5.55. The molecule has 1 heterocycles. The van der Waals surface area contributed by atoms with Gasteiger partial charge in [-0.05, 0) is 61.1 Å². The van der Waals surface area contributed by atoms with Crippen LogP contribution in [0, 0.1) is 13.8 Å². The van der Waals surface area contributed by atoms with Gasteiger partial charge >= 0.3 is 0 Å². The Hall–Kier alpha value is -2.29. The Morgan fingerprint density at radius 3 is 2.59 bits per heavy atom. The molecule has 1 saturated carbocycles. The van der Waals surface area contributed by atoms with Gasteiger partial charge in [0.2, 0.25) is 5.91 Å². The zero-order valence-electron chi connectivity index (χ0n) is 17.1. The molecule has 2 aromatic rings. The van der Waals surface area contributed by atoms with E-state index in [-0.39, 0.29) is 17.4 Å². The van der Waals surface area contributed by atoms with Gasteiger partial charge in [-0.2, -0.15) is 0 Å². The summed E-state index contributed by atoms with van der Waals surface area (Å²) in [6.45, 7) is 8.32. The molecule has 1 aliphatic carbocycles. The number of aryl methyl sites for hydroxylation is 2. The van der Waals surface area contributed by atoms with Gasteiger partial charge in [-0.25, -0.2) is 0 Å². The molecular weight excluding hydrogens is 334 g/mol. The van der Waals surface area contributed by atoms with E-state index in [1.54, 1.807) is 14.0 Å². The van der Waals surface area contributed by atoms with Crippen molar-refractivity contribution >= 4 is 11.6 Å². The third kappa shape index (κ3) is 2.67. The summed E-state index contributed by atoms with van der Waals surface area (Å²) in [5, 5.41) is 0. The van der Waals surface area contributed by atoms with Crippen molar-refractivity contribution in [3.8, 4) is 16.9 Å². The van der Waals surface area contributed by atoms with E-state index in [2.05, 4.69) is 56.0 Å². The molecule has 0 spiro atoms. The van der Waals surface area contributed by atoms with Gasteiger partial charge in [-0.3, -0.25) is 4.79 Å². The Morgan fingerprint density at radius 2 is 1.93 bits per heavy atom. The first-order chi connectivity index (χ1) is 12.9. The molecule has 0 radical (unpaired) electrons. The molecule has 27 heavy (non-hydrogen) atoms. The lowest BCUT2D eigenvalue weighted by Crippen LogP contribution is -2.47. The number of fused-ring (bicyclic) bond motifs is 3. The third-order valence-corrected chi connectivity index (χ3v) is 6.80. The fraction of sp³-hybridized carbons (Fsp3) is 0.458. The number of carbonyl (C=O) groups is 1. The molecule has 4 rings (SSSR count). The predicted molar refractivity (Wildman–Crippen MR) is 111 cm³/mol. The number of hydrogen-bond acceptors (Lipinski definition) is 2. The molecule has 1 fully saturated rings. The van der Waals surface area contributed by atoms with Crippen molar-refractivity contribution < 1.29 is 9.53 Å². The van der Waals surface area contributed by atoms with Gasteiger partial charge < -0.3 is 9.64 Å². The zero-order chi connectivity index (χ0) is 19.3. The van der Waals surface area contributed by atoms with E-state index in [4.69, 9.17) is 4.74 Å². The van der Waals surface area contributed by atoms with E-state index in [0.29, 0.717) is 0 Å². The van der Waals surface area contributed by atoms with E-state index in [1.165, 1.54) is 29.5 Å². The van der Waals surface area contributed by atoms with Gasteiger partial charge in [0.25, 0.3) is 0 Å². The Bertz CT molecular complexity index is 917.